The maximum absolute atomic E-state index is 13.1. The van der Waals surface area contributed by atoms with E-state index in [0.717, 1.165) is 12.1 Å². The number of carbonyl (C=O) groups is 2. The number of benzene rings is 1. The van der Waals surface area contributed by atoms with Crippen LogP contribution in [0.1, 0.15) is 35.7 Å². The Hall–Kier alpha value is -2.16. The second kappa shape index (κ2) is 7.38. The zero-order chi connectivity index (χ0) is 18.8. The number of rotatable bonds is 6. The summed E-state index contributed by atoms with van der Waals surface area (Å²) < 4.78 is 51.9. The summed E-state index contributed by atoms with van der Waals surface area (Å²) >= 11 is 0. The first-order chi connectivity index (χ1) is 11.6. The van der Waals surface area contributed by atoms with Crippen molar-refractivity contribution in [2.24, 2.45) is 0 Å². The summed E-state index contributed by atoms with van der Waals surface area (Å²) in [5.74, 6) is -2.95. The van der Waals surface area contributed by atoms with Crippen molar-refractivity contribution in [3.8, 4) is 0 Å². The average molecular weight is 362 g/mol. The maximum atomic E-state index is 13.1. The van der Waals surface area contributed by atoms with Gasteiger partial charge in [0.15, 0.2) is 0 Å². The lowest BCUT2D eigenvalue weighted by atomic mass is 9.85. The van der Waals surface area contributed by atoms with Crippen molar-refractivity contribution >= 4 is 11.9 Å². The summed E-state index contributed by atoms with van der Waals surface area (Å²) in [6.45, 7) is 2.20. The predicted octanol–water partition coefficient (Wildman–Crippen LogP) is 2.51. The molecule has 1 aromatic carbocycles. The number of amides is 1. The molecule has 0 saturated heterocycles. The molecule has 2 N–H and O–H groups in total. The Morgan fingerprint density at radius 1 is 1.32 bits per heavy atom. The molecule has 1 fully saturated rings. The molecule has 0 aromatic heterocycles. The standard InChI is InChI=1S/C16H18F4N2O3/c1-2-22(8-14(23)24)11-6-10(7-11)21-15(25)12-4-3-9(17)5-13(12)16(18,19)20/h3-5,10-11H,2,6-8H2,1H3,(H,21,25)(H,23,24). The van der Waals surface area contributed by atoms with Gasteiger partial charge in [0, 0.05) is 12.1 Å². The molecule has 2 rings (SSSR count). The van der Waals surface area contributed by atoms with Crippen molar-refractivity contribution in [2.45, 2.75) is 38.0 Å². The van der Waals surface area contributed by atoms with E-state index in [2.05, 4.69) is 5.32 Å². The molecular weight excluding hydrogens is 344 g/mol. The molecule has 5 nitrogen and oxygen atoms in total. The van der Waals surface area contributed by atoms with E-state index in [1.807, 2.05) is 6.92 Å². The lowest BCUT2D eigenvalue weighted by molar-refractivity contribution is -0.139. The van der Waals surface area contributed by atoms with Gasteiger partial charge >= 0.3 is 12.1 Å². The van der Waals surface area contributed by atoms with Crippen molar-refractivity contribution in [2.75, 3.05) is 13.1 Å². The van der Waals surface area contributed by atoms with E-state index in [0.29, 0.717) is 25.5 Å². The van der Waals surface area contributed by atoms with Crippen LogP contribution in [0.15, 0.2) is 18.2 Å². The van der Waals surface area contributed by atoms with Crippen molar-refractivity contribution in [1.29, 1.82) is 0 Å². The van der Waals surface area contributed by atoms with Crippen LogP contribution in [0, 0.1) is 5.82 Å². The number of alkyl halides is 3. The Morgan fingerprint density at radius 2 is 1.96 bits per heavy atom. The Bertz CT molecular complexity index is 657. The molecule has 0 atom stereocenters. The molecule has 1 saturated carbocycles. The van der Waals surface area contributed by atoms with E-state index in [-0.39, 0.29) is 18.6 Å². The van der Waals surface area contributed by atoms with Crippen LogP contribution >= 0.6 is 0 Å². The average Bonchev–Trinajstić information content (AvgIpc) is 2.47. The van der Waals surface area contributed by atoms with Gasteiger partial charge in [0.25, 0.3) is 5.91 Å². The van der Waals surface area contributed by atoms with Crippen LogP contribution in [0.3, 0.4) is 0 Å². The molecule has 0 unspecified atom stereocenters. The highest BCUT2D eigenvalue weighted by molar-refractivity contribution is 5.96. The minimum absolute atomic E-state index is 0.0401. The van der Waals surface area contributed by atoms with Gasteiger partial charge in [-0.25, -0.2) is 4.39 Å². The molecule has 1 aromatic rings. The van der Waals surface area contributed by atoms with E-state index >= 15 is 0 Å². The molecule has 1 aliphatic rings. The highest BCUT2D eigenvalue weighted by atomic mass is 19.4. The first-order valence-electron chi connectivity index (χ1n) is 7.75. The van der Waals surface area contributed by atoms with Crippen LogP contribution in [0.5, 0.6) is 0 Å². The summed E-state index contributed by atoms with van der Waals surface area (Å²) in [7, 11) is 0. The van der Waals surface area contributed by atoms with E-state index in [1.54, 1.807) is 4.90 Å². The topological polar surface area (TPSA) is 69.6 Å². The molecule has 0 aliphatic heterocycles. The zero-order valence-electron chi connectivity index (χ0n) is 13.4. The number of carbonyl (C=O) groups excluding carboxylic acids is 1. The number of hydrogen-bond acceptors (Lipinski definition) is 3. The van der Waals surface area contributed by atoms with Gasteiger partial charge in [0.2, 0.25) is 0 Å². The van der Waals surface area contributed by atoms with E-state index < -0.39 is 35.0 Å². The molecular formula is C16H18F4N2O3. The first-order valence-corrected chi connectivity index (χ1v) is 7.75. The number of halogens is 4. The fraction of sp³-hybridized carbons (Fsp3) is 0.500. The van der Waals surface area contributed by atoms with Gasteiger partial charge in [-0.3, -0.25) is 14.5 Å². The van der Waals surface area contributed by atoms with Crippen molar-refractivity contribution in [3.63, 3.8) is 0 Å². The fourth-order valence-electron chi connectivity index (χ4n) is 2.89. The third-order valence-corrected chi connectivity index (χ3v) is 4.24. The number of hydrogen-bond donors (Lipinski definition) is 2. The smallest absolute Gasteiger partial charge is 0.417 e. The second-order valence-electron chi connectivity index (χ2n) is 5.94. The Morgan fingerprint density at radius 3 is 2.48 bits per heavy atom. The lowest BCUT2D eigenvalue weighted by Crippen LogP contribution is -2.54. The zero-order valence-corrected chi connectivity index (χ0v) is 13.4. The van der Waals surface area contributed by atoms with Crippen molar-refractivity contribution < 1.29 is 32.3 Å². The van der Waals surface area contributed by atoms with Gasteiger partial charge in [0.1, 0.15) is 5.82 Å². The maximum Gasteiger partial charge on any atom is 0.417 e. The van der Waals surface area contributed by atoms with Gasteiger partial charge in [-0.05, 0) is 37.6 Å². The minimum atomic E-state index is -4.84. The highest BCUT2D eigenvalue weighted by Crippen LogP contribution is 2.33. The normalized spacial score (nSPS) is 20.2. The summed E-state index contributed by atoms with van der Waals surface area (Å²) in [5.41, 5.74) is -1.95. The van der Waals surface area contributed by atoms with Crippen molar-refractivity contribution in [1.82, 2.24) is 10.2 Å². The summed E-state index contributed by atoms with van der Waals surface area (Å²) in [5, 5.41) is 11.3. The fourth-order valence-corrected chi connectivity index (χ4v) is 2.89. The predicted molar refractivity (Wildman–Crippen MR) is 80.6 cm³/mol. The molecule has 0 bridgehead atoms. The molecule has 0 spiro atoms. The Labute approximate surface area is 141 Å². The quantitative estimate of drug-likeness (QED) is 0.763. The first kappa shape index (κ1) is 19.2. The molecule has 9 heteroatoms. The number of carboxylic acids is 1. The second-order valence-corrected chi connectivity index (χ2v) is 5.94. The number of aliphatic carboxylic acids is 1. The summed E-state index contributed by atoms with van der Waals surface area (Å²) in [4.78, 5) is 24.6. The van der Waals surface area contributed by atoms with Gasteiger partial charge < -0.3 is 10.4 Å². The number of likely N-dealkylation sites (N-methyl/N-ethyl adjacent to an activating group) is 1. The van der Waals surface area contributed by atoms with Gasteiger partial charge in [-0.15, -0.1) is 0 Å². The van der Waals surface area contributed by atoms with Crippen molar-refractivity contribution in [3.05, 3.63) is 35.1 Å². The highest BCUT2D eigenvalue weighted by Gasteiger charge is 2.38. The molecule has 25 heavy (non-hydrogen) atoms. The number of nitrogens with zero attached hydrogens (tertiary/aromatic N) is 1. The summed E-state index contributed by atoms with van der Waals surface area (Å²) in [6, 6.07) is 1.53. The number of nitrogens with one attached hydrogen (secondary N) is 1. The van der Waals surface area contributed by atoms with Crippen LogP contribution in [-0.4, -0.2) is 47.1 Å². The van der Waals surface area contributed by atoms with Crippen LogP contribution in [0.25, 0.3) is 0 Å². The molecule has 1 aliphatic carbocycles. The Kier molecular flexibility index (Phi) is 5.66. The monoisotopic (exact) mass is 362 g/mol. The Balaban J connectivity index is 2.00. The minimum Gasteiger partial charge on any atom is -0.480 e. The lowest BCUT2D eigenvalue weighted by Gasteiger charge is -2.42. The molecule has 0 heterocycles. The third-order valence-electron chi connectivity index (χ3n) is 4.24. The van der Waals surface area contributed by atoms with Crippen LogP contribution in [0.2, 0.25) is 0 Å². The third kappa shape index (κ3) is 4.68. The van der Waals surface area contributed by atoms with Gasteiger partial charge in [0.05, 0.1) is 17.7 Å². The number of carboxylic acid groups (broad SMARTS) is 1. The van der Waals surface area contributed by atoms with E-state index in [1.165, 1.54) is 0 Å². The van der Waals surface area contributed by atoms with Crippen LogP contribution in [0.4, 0.5) is 17.6 Å². The van der Waals surface area contributed by atoms with Gasteiger partial charge in [-0.1, -0.05) is 6.92 Å². The summed E-state index contributed by atoms with van der Waals surface area (Å²) in [6.07, 6.45) is -3.93. The van der Waals surface area contributed by atoms with Crippen LogP contribution in [-0.2, 0) is 11.0 Å². The molecule has 0 radical (unpaired) electrons. The largest absolute Gasteiger partial charge is 0.480 e. The van der Waals surface area contributed by atoms with E-state index in [4.69, 9.17) is 5.11 Å². The SMILES string of the molecule is CCN(CC(=O)O)C1CC(NC(=O)c2ccc(F)cc2C(F)(F)F)C1. The molecule has 138 valence electrons. The van der Waals surface area contributed by atoms with Gasteiger partial charge in [-0.2, -0.15) is 13.2 Å². The van der Waals surface area contributed by atoms with Crippen LogP contribution < -0.4 is 5.32 Å². The van der Waals surface area contributed by atoms with E-state index in [9.17, 15) is 27.2 Å². The molecule has 1 amide bonds.